The molecule has 0 spiro atoms. The van der Waals surface area contributed by atoms with Crippen molar-refractivity contribution in [3.8, 4) is 0 Å². The molecule has 1 aromatic rings. The molecule has 23 heavy (non-hydrogen) atoms. The number of aromatic amines is 1. The van der Waals surface area contributed by atoms with Crippen LogP contribution in [-0.4, -0.2) is 18.4 Å². The summed E-state index contributed by atoms with van der Waals surface area (Å²) in [5, 5.41) is 3.19. The van der Waals surface area contributed by atoms with Gasteiger partial charge < -0.3 is 10.1 Å². The van der Waals surface area contributed by atoms with Gasteiger partial charge in [0, 0.05) is 35.5 Å². The molecular weight excluding hydrogens is 292 g/mol. The molecule has 120 valence electrons. The molecule has 0 bridgehead atoms. The van der Waals surface area contributed by atoms with Crippen LogP contribution >= 0.6 is 0 Å². The zero-order valence-corrected chi connectivity index (χ0v) is 13.2. The molecular formula is C18H21N2O3+. The largest absolute Gasteiger partial charge is 0.465 e. The van der Waals surface area contributed by atoms with Crippen LogP contribution in [0.1, 0.15) is 37.8 Å². The van der Waals surface area contributed by atoms with E-state index in [2.05, 4.69) is 16.9 Å². The Balaban J connectivity index is 2.12. The lowest BCUT2D eigenvalue weighted by Crippen LogP contribution is -2.42. The number of aromatic nitrogens is 1. The Labute approximate surface area is 135 Å². The van der Waals surface area contributed by atoms with Crippen molar-refractivity contribution in [2.45, 2.75) is 32.1 Å². The van der Waals surface area contributed by atoms with E-state index < -0.39 is 5.92 Å². The van der Waals surface area contributed by atoms with E-state index in [9.17, 15) is 9.59 Å². The first-order chi connectivity index (χ1) is 11.1. The molecule has 2 atom stereocenters. The van der Waals surface area contributed by atoms with Gasteiger partial charge in [0.15, 0.2) is 17.7 Å². The maximum absolute atomic E-state index is 12.6. The van der Waals surface area contributed by atoms with Gasteiger partial charge >= 0.3 is 5.97 Å². The van der Waals surface area contributed by atoms with Gasteiger partial charge in [0.1, 0.15) is 5.92 Å². The van der Waals surface area contributed by atoms with E-state index in [4.69, 9.17) is 4.74 Å². The number of ether oxygens (including phenoxy) is 1. The summed E-state index contributed by atoms with van der Waals surface area (Å²) in [5.74, 6) is -1.22. The zero-order chi connectivity index (χ0) is 16.4. The van der Waals surface area contributed by atoms with Gasteiger partial charge in [0.25, 0.3) is 0 Å². The van der Waals surface area contributed by atoms with Crippen LogP contribution in [0.3, 0.4) is 0 Å². The highest BCUT2D eigenvalue weighted by Crippen LogP contribution is 2.42. The predicted octanol–water partition coefficient (Wildman–Crippen LogP) is 1.89. The Hall–Kier alpha value is -2.43. The molecule has 0 radical (unpaired) electrons. The van der Waals surface area contributed by atoms with Crippen molar-refractivity contribution < 1.29 is 19.3 Å². The third-order valence-electron chi connectivity index (χ3n) is 4.40. The van der Waals surface area contributed by atoms with Crippen LogP contribution < -0.4 is 10.3 Å². The number of esters is 1. The topological polar surface area (TPSA) is 69.5 Å². The van der Waals surface area contributed by atoms with E-state index in [1.54, 1.807) is 13.1 Å². The molecule has 2 N–H and O–H groups in total. The first kappa shape index (κ1) is 15.5. The number of rotatable bonds is 3. The van der Waals surface area contributed by atoms with Crippen molar-refractivity contribution in [2.75, 3.05) is 6.61 Å². The molecule has 1 aromatic heterocycles. The van der Waals surface area contributed by atoms with Crippen molar-refractivity contribution >= 4 is 11.8 Å². The molecule has 1 aliphatic carbocycles. The van der Waals surface area contributed by atoms with Crippen molar-refractivity contribution in [2.24, 2.45) is 5.92 Å². The molecule has 0 amide bonds. The predicted molar refractivity (Wildman–Crippen MR) is 84.0 cm³/mol. The van der Waals surface area contributed by atoms with Crippen LogP contribution in [-0.2, 0) is 14.3 Å². The number of hydrogen-bond donors (Lipinski definition) is 1. The highest BCUT2D eigenvalue weighted by Gasteiger charge is 2.46. The molecule has 2 unspecified atom stereocenters. The number of pyridine rings is 1. The summed E-state index contributed by atoms with van der Waals surface area (Å²) in [6.07, 6.45) is 3.95. The number of Topliss-reactive ketones (excluding diaryl/α,β-unsaturated/α-hetero) is 1. The first-order valence-corrected chi connectivity index (χ1v) is 7.98. The van der Waals surface area contributed by atoms with Gasteiger partial charge in [-0.25, -0.2) is 4.98 Å². The van der Waals surface area contributed by atoms with Crippen LogP contribution in [0, 0.1) is 5.92 Å². The summed E-state index contributed by atoms with van der Waals surface area (Å²) in [7, 11) is 0. The minimum atomic E-state index is -0.602. The van der Waals surface area contributed by atoms with Gasteiger partial charge in [-0.1, -0.05) is 12.6 Å². The van der Waals surface area contributed by atoms with Crippen molar-refractivity contribution in [1.29, 1.82) is 0 Å². The summed E-state index contributed by atoms with van der Waals surface area (Å²) in [6.45, 7) is 6.09. The number of allylic oxidation sites excluding steroid dienone is 2. The Morgan fingerprint density at radius 1 is 1.43 bits per heavy atom. The van der Waals surface area contributed by atoms with Gasteiger partial charge in [-0.3, -0.25) is 9.59 Å². The molecule has 3 rings (SSSR count). The number of ketones is 1. The first-order valence-electron chi connectivity index (χ1n) is 7.98. The second-order valence-electron chi connectivity index (χ2n) is 5.84. The van der Waals surface area contributed by atoms with Crippen molar-refractivity contribution in [3.05, 3.63) is 53.6 Å². The smallest absolute Gasteiger partial charge is 0.316 e. The fourth-order valence-electron chi connectivity index (χ4n) is 3.44. The normalized spacial score (nSPS) is 24.0. The number of carbonyl (C=O) groups is 2. The van der Waals surface area contributed by atoms with Crippen LogP contribution in [0.5, 0.6) is 0 Å². The molecule has 0 saturated heterocycles. The van der Waals surface area contributed by atoms with Gasteiger partial charge in [-0.15, -0.1) is 0 Å². The van der Waals surface area contributed by atoms with E-state index in [1.165, 1.54) is 0 Å². The quantitative estimate of drug-likeness (QED) is 0.865. The minimum absolute atomic E-state index is 0.0998. The fraction of sp³-hybridized carbons (Fsp3) is 0.389. The summed E-state index contributed by atoms with van der Waals surface area (Å²) < 4.78 is 5.23. The van der Waals surface area contributed by atoms with Crippen LogP contribution in [0.15, 0.2) is 47.9 Å². The SMILES string of the molecule is C=C1NC2=C(C(=O)CCC2)C(c2cccc[nH+]2)C1C(=O)OCC. The van der Waals surface area contributed by atoms with Crippen molar-refractivity contribution in [3.63, 3.8) is 0 Å². The third-order valence-corrected chi connectivity index (χ3v) is 4.40. The second-order valence-corrected chi connectivity index (χ2v) is 5.84. The lowest BCUT2D eigenvalue weighted by molar-refractivity contribution is -0.392. The lowest BCUT2D eigenvalue weighted by Gasteiger charge is -2.36. The number of H-pyrrole nitrogens is 1. The molecule has 2 heterocycles. The fourth-order valence-corrected chi connectivity index (χ4v) is 3.44. The summed E-state index contributed by atoms with van der Waals surface area (Å²) in [6, 6.07) is 5.67. The monoisotopic (exact) mass is 313 g/mol. The molecule has 5 nitrogen and oxygen atoms in total. The Kier molecular flexibility index (Phi) is 4.28. The van der Waals surface area contributed by atoms with Crippen LogP contribution in [0.2, 0.25) is 0 Å². The Morgan fingerprint density at radius 3 is 2.96 bits per heavy atom. The summed E-state index contributed by atoms with van der Waals surface area (Å²) in [4.78, 5) is 28.2. The van der Waals surface area contributed by atoms with Gasteiger partial charge in [0.2, 0.25) is 0 Å². The Bertz CT molecular complexity index is 679. The number of nitrogens with one attached hydrogen (secondary N) is 2. The molecule has 0 fully saturated rings. The van der Waals surface area contributed by atoms with Crippen molar-refractivity contribution in [1.82, 2.24) is 5.32 Å². The number of carbonyl (C=O) groups excluding carboxylic acids is 2. The van der Waals surface area contributed by atoms with Gasteiger partial charge in [-0.05, 0) is 19.8 Å². The van der Waals surface area contributed by atoms with E-state index >= 15 is 0 Å². The van der Waals surface area contributed by atoms with E-state index in [0.717, 1.165) is 24.2 Å². The maximum Gasteiger partial charge on any atom is 0.316 e. The van der Waals surface area contributed by atoms with Gasteiger partial charge in [0.05, 0.1) is 12.5 Å². The highest BCUT2D eigenvalue weighted by atomic mass is 16.5. The summed E-state index contributed by atoms with van der Waals surface area (Å²) >= 11 is 0. The van der Waals surface area contributed by atoms with Gasteiger partial charge in [-0.2, -0.15) is 0 Å². The number of hydrogen-bond acceptors (Lipinski definition) is 4. The maximum atomic E-state index is 12.6. The van der Waals surface area contributed by atoms with E-state index in [-0.39, 0.29) is 17.7 Å². The standard InChI is InChI=1S/C18H20N2O3/c1-3-23-18(22)15-11(2)20-13-8-6-9-14(21)16(13)17(15)12-7-4-5-10-19-12/h4-5,7,10,15,17,20H,2-3,6,8-9H2,1H3/p+1. The highest BCUT2D eigenvalue weighted by molar-refractivity contribution is 6.00. The van der Waals surface area contributed by atoms with Crippen LogP contribution in [0.4, 0.5) is 0 Å². The Morgan fingerprint density at radius 2 is 2.26 bits per heavy atom. The van der Waals surface area contributed by atoms with E-state index in [1.807, 2.05) is 18.2 Å². The minimum Gasteiger partial charge on any atom is -0.465 e. The second kappa shape index (κ2) is 6.36. The average Bonchev–Trinajstić information content (AvgIpc) is 2.54. The summed E-state index contributed by atoms with van der Waals surface area (Å²) in [5.41, 5.74) is 3.02. The molecule has 0 saturated carbocycles. The van der Waals surface area contributed by atoms with Crippen LogP contribution in [0.25, 0.3) is 0 Å². The molecule has 2 aliphatic rings. The molecule has 1 aliphatic heterocycles. The van der Waals surface area contributed by atoms with E-state index in [0.29, 0.717) is 24.3 Å². The molecule has 5 heteroatoms. The third kappa shape index (κ3) is 2.79. The zero-order valence-electron chi connectivity index (χ0n) is 13.2. The average molecular weight is 313 g/mol. The lowest BCUT2D eigenvalue weighted by atomic mass is 9.73. The molecule has 0 aromatic carbocycles.